The third-order valence-corrected chi connectivity index (χ3v) is 2.16. The lowest BCUT2D eigenvalue weighted by atomic mass is 10.2. The van der Waals surface area contributed by atoms with E-state index in [1.807, 2.05) is 25.7 Å². The monoisotopic (exact) mass is 210 g/mol. The molecule has 0 radical (unpaired) electrons. The molecule has 0 saturated carbocycles. The van der Waals surface area contributed by atoms with E-state index in [-0.39, 0.29) is 11.6 Å². The lowest BCUT2D eigenvalue weighted by Gasteiger charge is -2.28. The molecule has 1 saturated heterocycles. The molecule has 1 aliphatic rings. The number of likely N-dealkylation sites (tertiary alicyclic amines) is 1. The van der Waals surface area contributed by atoms with Crippen molar-refractivity contribution >= 4 is 0 Å². The van der Waals surface area contributed by atoms with E-state index in [9.17, 15) is 0 Å². The van der Waals surface area contributed by atoms with E-state index >= 15 is 0 Å². The Morgan fingerprint density at radius 3 is 2.80 bits per heavy atom. The van der Waals surface area contributed by atoms with E-state index in [0.717, 1.165) is 13.0 Å². The van der Waals surface area contributed by atoms with E-state index in [0.29, 0.717) is 12.4 Å². The Labute approximate surface area is 90.3 Å². The molecule has 1 heterocycles. The van der Waals surface area contributed by atoms with Gasteiger partial charge in [-0.1, -0.05) is 5.11 Å². The van der Waals surface area contributed by atoms with Gasteiger partial charge in [0.25, 0.3) is 0 Å². The quantitative estimate of drug-likeness (QED) is 0.311. The largest absolute Gasteiger partial charge is 0.474 e. The summed E-state index contributed by atoms with van der Waals surface area (Å²) in [4.78, 5) is 4.83. The molecule has 5 nitrogen and oxygen atoms in total. The normalized spacial score (nSPS) is 21.0. The molecule has 5 heteroatoms. The molecule has 0 N–H and O–H groups in total. The van der Waals surface area contributed by atoms with Gasteiger partial charge < -0.3 is 9.64 Å². The predicted octanol–water partition coefficient (Wildman–Crippen LogP) is 2.66. The molecule has 0 bridgehead atoms. The molecule has 1 rings (SSSR count). The van der Waals surface area contributed by atoms with Crippen molar-refractivity contribution in [3.05, 3.63) is 22.9 Å². The summed E-state index contributed by atoms with van der Waals surface area (Å²) in [5.74, 6) is 0.665. The first-order chi connectivity index (χ1) is 6.92. The summed E-state index contributed by atoms with van der Waals surface area (Å²) >= 11 is 0. The highest BCUT2D eigenvalue weighted by Gasteiger charge is 2.25. The van der Waals surface area contributed by atoms with Gasteiger partial charge in [-0.3, -0.25) is 0 Å². The topological polar surface area (TPSA) is 61.2 Å². The Morgan fingerprint density at radius 1 is 1.60 bits per heavy atom. The van der Waals surface area contributed by atoms with E-state index in [1.54, 1.807) is 0 Å². The number of azide groups is 1. The summed E-state index contributed by atoms with van der Waals surface area (Å²) in [5.41, 5.74) is 8.10. The second-order valence-corrected chi connectivity index (χ2v) is 4.70. The van der Waals surface area contributed by atoms with Crippen LogP contribution in [0.3, 0.4) is 0 Å². The summed E-state index contributed by atoms with van der Waals surface area (Å²) in [6.45, 7) is 11.4. The van der Waals surface area contributed by atoms with Crippen LogP contribution in [-0.2, 0) is 4.74 Å². The van der Waals surface area contributed by atoms with Crippen LogP contribution >= 0.6 is 0 Å². The minimum Gasteiger partial charge on any atom is -0.474 e. The number of hydrogen-bond acceptors (Lipinski definition) is 3. The maximum Gasteiger partial charge on any atom is 0.182 e. The number of hydrogen-bond donors (Lipinski definition) is 0. The summed E-state index contributed by atoms with van der Waals surface area (Å²) in [6.07, 6.45) is 0.872. The standard InChI is InChI=1S/C10H18N4O/c1-8(15-10(2,3)4)14-6-5-9(7-14)12-13-11/h9H,1,5-7H2,2-4H3/t9-/m1/s1. The maximum absolute atomic E-state index is 8.32. The van der Waals surface area contributed by atoms with Crippen LogP contribution in [0.4, 0.5) is 0 Å². The summed E-state index contributed by atoms with van der Waals surface area (Å²) in [7, 11) is 0. The van der Waals surface area contributed by atoms with Crippen molar-refractivity contribution in [3.8, 4) is 0 Å². The van der Waals surface area contributed by atoms with Crippen molar-refractivity contribution in [2.45, 2.75) is 38.8 Å². The molecule has 1 fully saturated rings. The molecule has 1 atom stereocenters. The molecule has 0 unspecified atom stereocenters. The van der Waals surface area contributed by atoms with Crippen molar-refractivity contribution in [3.63, 3.8) is 0 Å². The van der Waals surface area contributed by atoms with Gasteiger partial charge in [-0.2, -0.15) is 0 Å². The van der Waals surface area contributed by atoms with Crippen LogP contribution < -0.4 is 0 Å². The van der Waals surface area contributed by atoms with Crippen LogP contribution in [-0.4, -0.2) is 29.6 Å². The first-order valence-corrected chi connectivity index (χ1v) is 5.09. The lowest BCUT2D eigenvalue weighted by Crippen LogP contribution is -2.28. The molecule has 1 aliphatic heterocycles. The van der Waals surface area contributed by atoms with E-state index < -0.39 is 0 Å². The van der Waals surface area contributed by atoms with Crippen molar-refractivity contribution < 1.29 is 4.74 Å². The van der Waals surface area contributed by atoms with Gasteiger partial charge in [-0.05, 0) is 39.3 Å². The molecular weight excluding hydrogens is 192 g/mol. The highest BCUT2D eigenvalue weighted by Crippen LogP contribution is 2.21. The Kier molecular flexibility index (Phi) is 3.48. The number of rotatable bonds is 3. The SMILES string of the molecule is C=C(OC(C)(C)C)N1CC[C@@H](N=[N+]=[N-])C1. The fourth-order valence-corrected chi connectivity index (χ4v) is 1.55. The van der Waals surface area contributed by atoms with Crippen molar-refractivity contribution in [2.75, 3.05) is 13.1 Å². The third-order valence-electron chi connectivity index (χ3n) is 2.16. The van der Waals surface area contributed by atoms with Gasteiger partial charge in [0.2, 0.25) is 0 Å². The zero-order valence-corrected chi connectivity index (χ0v) is 9.60. The zero-order valence-electron chi connectivity index (χ0n) is 9.60. The van der Waals surface area contributed by atoms with Crippen LogP contribution in [0.2, 0.25) is 0 Å². The molecule has 0 spiro atoms. The summed E-state index contributed by atoms with van der Waals surface area (Å²) in [5, 5.41) is 3.69. The highest BCUT2D eigenvalue weighted by molar-refractivity contribution is 4.94. The molecular formula is C10H18N4O. The van der Waals surface area contributed by atoms with Crippen LogP contribution in [0.5, 0.6) is 0 Å². The van der Waals surface area contributed by atoms with Crippen LogP contribution in [0.1, 0.15) is 27.2 Å². The van der Waals surface area contributed by atoms with Gasteiger partial charge in [-0.15, -0.1) is 0 Å². The Balaban J connectivity index is 2.47. The zero-order chi connectivity index (χ0) is 11.5. The lowest BCUT2D eigenvalue weighted by molar-refractivity contribution is 0.00865. The van der Waals surface area contributed by atoms with Gasteiger partial charge in [0.1, 0.15) is 5.60 Å². The van der Waals surface area contributed by atoms with Gasteiger partial charge in [0, 0.05) is 18.0 Å². The van der Waals surface area contributed by atoms with Crippen LogP contribution in [0.15, 0.2) is 17.6 Å². The first-order valence-electron chi connectivity index (χ1n) is 5.09. The Morgan fingerprint density at radius 2 is 2.27 bits per heavy atom. The second-order valence-electron chi connectivity index (χ2n) is 4.70. The Hall–Kier alpha value is -1.35. The third kappa shape index (κ3) is 3.72. The minimum atomic E-state index is -0.229. The first kappa shape index (κ1) is 11.7. The fraction of sp³-hybridized carbons (Fsp3) is 0.800. The molecule has 0 aromatic carbocycles. The molecule has 0 amide bonds. The van der Waals surface area contributed by atoms with Crippen molar-refractivity contribution in [1.29, 1.82) is 0 Å². The smallest absolute Gasteiger partial charge is 0.182 e. The molecule has 0 aromatic rings. The Bertz CT molecular complexity index is 288. The average Bonchev–Trinajstić information content (AvgIpc) is 2.50. The predicted molar refractivity (Wildman–Crippen MR) is 59.1 cm³/mol. The van der Waals surface area contributed by atoms with Crippen molar-refractivity contribution in [2.24, 2.45) is 5.11 Å². The van der Waals surface area contributed by atoms with Gasteiger partial charge >= 0.3 is 0 Å². The van der Waals surface area contributed by atoms with Gasteiger partial charge in [-0.25, -0.2) is 0 Å². The highest BCUT2D eigenvalue weighted by atomic mass is 16.5. The van der Waals surface area contributed by atoms with Crippen molar-refractivity contribution in [1.82, 2.24) is 4.90 Å². The van der Waals surface area contributed by atoms with Gasteiger partial charge in [0.15, 0.2) is 5.88 Å². The summed E-state index contributed by atoms with van der Waals surface area (Å²) < 4.78 is 5.64. The minimum absolute atomic E-state index is 0.0512. The molecule has 15 heavy (non-hydrogen) atoms. The van der Waals surface area contributed by atoms with E-state index in [4.69, 9.17) is 10.3 Å². The number of nitrogens with zero attached hydrogens (tertiary/aromatic N) is 4. The van der Waals surface area contributed by atoms with Crippen LogP contribution in [0.25, 0.3) is 10.4 Å². The second kappa shape index (κ2) is 4.45. The summed E-state index contributed by atoms with van der Waals surface area (Å²) in [6, 6.07) is 0.0512. The molecule has 84 valence electrons. The molecule has 0 aromatic heterocycles. The van der Waals surface area contributed by atoms with Crippen LogP contribution in [0, 0.1) is 0 Å². The maximum atomic E-state index is 8.32. The fourth-order valence-electron chi connectivity index (χ4n) is 1.55. The van der Waals surface area contributed by atoms with E-state index in [1.165, 1.54) is 0 Å². The van der Waals surface area contributed by atoms with Gasteiger partial charge in [0.05, 0.1) is 6.04 Å². The molecule has 0 aliphatic carbocycles. The van der Waals surface area contributed by atoms with E-state index in [2.05, 4.69) is 16.6 Å². The average molecular weight is 210 g/mol. The number of ether oxygens (including phenoxy) is 1.